The normalized spacial score (nSPS) is 24.7. The fraction of sp³-hybridized carbons (Fsp3) is 0.462. The lowest BCUT2D eigenvalue weighted by atomic mass is 10.1. The van der Waals surface area contributed by atoms with Crippen LogP contribution in [0.15, 0.2) is 24.3 Å². The molecule has 0 radical (unpaired) electrons. The predicted octanol–water partition coefficient (Wildman–Crippen LogP) is 1.58. The summed E-state index contributed by atoms with van der Waals surface area (Å²) in [6, 6.07) is 7.80. The van der Waals surface area contributed by atoms with Crippen molar-refractivity contribution in [2.75, 3.05) is 18.0 Å². The molecule has 1 fully saturated rings. The number of hydrogen-bond acceptors (Lipinski definition) is 3. The van der Waals surface area contributed by atoms with Gasteiger partial charge in [0.15, 0.2) is 0 Å². The van der Waals surface area contributed by atoms with E-state index in [1.165, 1.54) is 0 Å². The Kier molecular flexibility index (Phi) is 3.33. The second-order valence-electron chi connectivity index (χ2n) is 4.59. The third-order valence-corrected chi connectivity index (χ3v) is 2.95. The number of morpholine rings is 1. The predicted molar refractivity (Wildman–Crippen MR) is 69.7 cm³/mol. The Balaban J connectivity index is 2.30. The van der Waals surface area contributed by atoms with E-state index in [-0.39, 0.29) is 18.0 Å². The van der Waals surface area contributed by atoms with Crippen LogP contribution in [0, 0.1) is 5.41 Å². The van der Waals surface area contributed by atoms with Gasteiger partial charge >= 0.3 is 0 Å². The maximum atomic E-state index is 7.62. The van der Waals surface area contributed by atoms with Gasteiger partial charge in [0.2, 0.25) is 0 Å². The minimum atomic E-state index is 0.118. The highest BCUT2D eigenvalue weighted by atomic mass is 16.5. The van der Waals surface area contributed by atoms with E-state index >= 15 is 0 Å². The number of para-hydroxylation sites is 1. The highest BCUT2D eigenvalue weighted by Gasteiger charge is 2.24. The summed E-state index contributed by atoms with van der Waals surface area (Å²) in [4.78, 5) is 2.25. The number of ether oxygens (including phenoxy) is 1. The zero-order chi connectivity index (χ0) is 12.4. The minimum Gasteiger partial charge on any atom is -0.384 e. The fourth-order valence-corrected chi connectivity index (χ4v) is 2.35. The number of anilines is 1. The van der Waals surface area contributed by atoms with Gasteiger partial charge in [-0.1, -0.05) is 12.1 Å². The summed E-state index contributed by atoms with van der Waals surface area (Å²) >= 11 is 0. The fourth-order valence-electron chi connectivity index (χ4n) is 2.35. The third-order valence-electron chi connectivity index (χ3n) is 2.95. The molecule has 1 heterocycles. The average molecular weight is 233 g/mol. The topological polar surface area (TPSA) is 62.3 Å². The van der Waals surface area contributed by atoms with Crippen molar-refractivity contribution in [3.8, 4) is 0 Å². The second kappa shape index (κ2) is 4.75. The first-order valence-electron chi connectivity index (χ1n) is 5.91. The summed E-state index contributed by atoms with van der Waals surface area (Å²) in [7, 11) is 0. The van der Waals surface area contributed by atoms with Crippen LogP contribution in [-0.4, -0.2) is 31.1 Å². The van der Waals surface area contributed by atoms with E-state index in [4.69, 9.17) is 15.9 Å². The Morgan fingerprint density at radius 1 is 1.29 bits per heavy atom. The summed E-state index contributed by atoms with van der Waals surface area (Å²) in [5.74, 6) is 0.118. The molecule has 0 aromatic heterocycles. The first-order chi connectivity index (χ1) is 8.08. The Labute approximate surface area is 102 Å². The maximum absolute atomic E-state index is 7.62. The summed E-state index contributed by atoms with van der Waals surface area (Å²) in [5, 5.41) is 7.62. The SMILES string of the molecule is C[C@@H]1CN(c2ccccc2C(=N)N)C[C@H](C)O1. The van der Waals surface area contributed by atoms with Gasteiger partial charge in [-0.05, 0) is 26.0 Å². The van der Waals surface area contributed by atoms with Crippen molar-refractivity contribution in [1.29, 1.82) is 5.41 Å². The molecule has 1 aromatic rings. The van der Waals surface area contributed by atoms with Gasteiger partial charge in [-0.25, -0.2) is 0 Å². The lowest BCUT2D eigenvalue weighted by molar-refractivity contribution is -0.00522. The lowest BCUT2D eigenvalue weighted by Crippen LogP contribution is -2.46. The van der Waals surface area contributed by atoms with Gasteiger partial charge in [0.25, 0.3) is 0 Å². The van der Waals surface area contributed by atoms with Crippen LogP contribution < -0.4 is 10.6 Å². The number of nitrogen functional groups attached to an aromatic ring is 1. The molecule has 1 saturated heterocycles. The number of benzene rings is 1. The van der Waals surface area contributed by atoms with Crippen LogP contribution in [0.25, 0.3) is 0 Å². The molecule has 0 unspecified atom stereocenters. The molecule has 0 saturated carbocycles. The minimum absolute atomic E-state index is 0.118. The quantitative estimate of drug-likeness (QED) is 0.602. The van der Waals surface area contributed by atoms with E-state index in [9.17, 15) is 0 Å². The van der Waals surface area contributed by atoms with Crippen molar-refractivity contribution in [1.82, 2.24) is 0 Å². The average Bonchev–Trinajstić information content (AvgIpc) is 2.27. The molecule has 0 spiro atoms. The molecule has 4 nitrogen and oxygen atoms in total. The molecule has 92 valence electrons. The van der Waals surface area contributed by atoms with E-state index in [0.717, 1.165) is 24.3 Å². The molecule has 2 atom stereocenters. The van der Waals surface area contributed by atoms with Crippen LogP contribution in [0.1, 0.15) is 19.4 Å². The van der Waals surface area contributed by atoms with Crippen LogP contribution >= 0.6 is 0 Å². The molecular weight excluding hydrogens is 214 g/mol. The molecule has 17 heavy (non-hydrogen) atoms. The van der Waals surface area contributed by atoms with Gasteiger partial charge in [0, 0.05) is 24.3 Å². The summed E-state index contributed by atoms with van der Waals surface area (Å²) < 4.78 is 5.71. The summed E-state index contributed by atoms with van der Waals surface area (Å²) in [5.41, 5.74) is 7.45. The van der Waals surface area contributed by atoms with Crippen LogP contribution in [0.2, 0.25) is 0 Å². The Morgan fingerprint density at radius 3 is 2.47 bits per heavy atom. The zero-order valence-electron chi connectivity index (χ0n) is 10.3. The molecule has 0 amide bonds. The van der Waals surface area contributed by atoms with Crippen molar-refractivity contribution < 1.29 is 4.74 Å². The monoisotopic (exact) mass is 233 g/mol. The smallest absolute Gasteiger partial charge is 0.124 e. The lowest BCUT2D eigenvalue weighted by Gasteiger charge is -2.37. The number of nitrogens with two attached hydrogens (primary N) is 1. The molecular formula is C13H19N3O. The van der Waals surface area contributed by atoms with Gasteiger partial charge < -0.3 is 15.4 Å². The number of nitrogens with zero attached hydrogens (tertiary/aromatic N) is 1. The van der Waals surface area contributed by atoms with Gasteiger partial charge in [0.05, 0.1) is 12.2 Å². The molecule has 1 aromatic carbocycles. The largest absolute Gasteiger partial charge is 0.384 e. The third kappa shape index (κ3) is 2.58. The number of amidine groups is 1. The van der Waals surface area contributed by atoms with E-state index in [1.807, 2.05) is 24.3 Å². The molecule has 2 rings (SSSR count). The van der Waals surface area contributed by atoms with Gasteiger partial charge in [0.1, 0.15) is 5.84 Å². The van der Waals surface area contributed by atoms with Crippen molar-refractivity contribution in [3.63, 3.8) is 0 Å². The highest BCUT2D eigenvalue weighted by Crippen LogP contribution is 2.23. The molecule has 1 aliphatic rings. The van der Waals surface area contributed by atoms with E-state index in [0.29, 0.717) is 0 Å². The van der Waals surface area contributed by atoms with E-state index in [1.54, 1.807) is 0 Å². The molecule has 3 N–H and O–H groups in total. The second-order valence-corrected chi connectivity index (χ2v) is 4.59. The van der Waals surface area contributed by atoms with Crippen molar-refractivity contribution in [2.24, 2.45) is 5.73 Å². The van der Waals surface area contributed by atoms with Crippen molar-refractivity contribution in [2.45, 2.75) is 26.1 Å². The van der Waals surface area contributed by atoms with Crippen molar-refractivity contribution >= 4 is 11.5 Å². The number of rotatable bonds is 2. The van der Waals surface area contributed by atoms with E-state index in [2.05, 4.69) is 18.7 Å². The Bertz CT molecular complexity index is 409. The maximum Gasteiger partial charge on any atom is 0.124 e. The Morgan fingerprint density at radius 2 is 1.88 bits per heavy atom. The first-order valence-corrected chi connectivity index (χ1v) is 5.91. The van der Waals surface area contributed by atoms with Gasteiger partial charge in [-0.2, -0.15) is 0 Å². The van der Waals surface area contributed by atoms with Gasteiger partial charge in [-0.15, -0.1) is 0 Å². The first kappa shape index (κ1) is 11.9. The zero-order valence-corrected chi connectivity index (χ0v) is 10.3. The van der Waals surface area contributed by atoms with Crippen LogP contribution in [0.5, 0.6) is 0 Å². The molecule has 1 aliphatic heterocycles. The number of nitrogens with one attached hydrogen (secondary N) is 1. The van der Waals surface area contributed by atoms with E-state index < -0.39 is 0 Å². The molecule has 0 bridgehead atoms. The summed E-state index contributed by atoms with van der Waals surface area (Å²) in [6.07, 6.45) is 0.414. The van der Waals surface area contributed by atoms with Crippen LogP contribution in [0.4, 0.5) is 5.69 Å². The van der Waals surface area contributed by atoms with Gasteiger partial charge in [-0.3, -0.25) is 5.41 Å². The van der Waals surface area contributed by atoms with Crippen molar-refractivity contribution in [3.05, 3.63) is 29.8 Å². The Hall–Kier alpha value is -1.55. The molecule has 0 aliphatic carbocycles. The highest BCUT2D eigenvalue weighted by molar-refractivity contribution is 6.00. The number of hydrogen-bond donors (Lipinski definition) is 2. The van der Waals surface area contributed by atoms with Crippen LogP contribution in [-0.2, 0) is 4.74 Å². The standard InChI is InChI=1S/C13H19N3O/c1-9-7-16(8-10(2)17-9)12-6-4-3-5-11(12)13(14)15/h3-6,9-10H,7-8H2,1-2H3,(H3,14,15)/t9-,10+. The van der Waals surface area contributed by atoms with Crippen LogP contribution in [0.3, 0.4) is 0 Å². The molecule has 4 heteroatoms. The summed E-state index contributed by atoms with van der Waals surface area (Å²) in [6.45, 7) is 5.82.